The third-order valence-electron chi connectivity index (χ3n) is 5.59. The van der Waals surface area contributed by atoms with Crippen molar-refractivity contribution in [2.45, 2.75) is 19.5 Å². The Morgan fingerprint density at radius 3 is 2.63 bits per heavy atom. The number of amides is 1. The molecule has 0 radical (unpaired) electrons. The number of hydrogen-bond donors (Lipinski definition) is 1. The molecule has 4 rings (SSSR count). The average molecular weight is 469 g/mol. The van der Waals surface area contributed by atoms with E-state index in [-0.39, 0.29) is 11.9 Å². The number of pyridine rings is 1. The number of rotatable bonds is 9. The summed E-state index contributed by atoms with van der Waals surface area (Å²) in [4.78, 5) is 17.0. The van der Waals surface area contributed by atoms with Crippen LogP contribution in [0.4, 0.5) is 0 Å². The van der Waals surface area contributed by atoms with Crippen molar-refractivity contribution < 1.29 is 14.3 Å². The number of hydrogen-bond acceptors (Lipinski definition) is 5. The van der Waals surface area contributed by atoms with Crippen molar-refractivity contribution in [3.8, 4) is 22.8 Å². The Bertz CT molecular complexity index is 1300. The highest BCUT2D eigenvalue weighted by Gasteiger charge is 2.15. The van der Waals surface area contributed by atoms with Gasteiger partial charge in [-0.05, 0) is 48.9 Å². The molecule has 0 saturated carbocycles. The summed E-state index contributed by atoms with van der Waals surface area (Å²) >= 11 is 0. The lowest BCUT2D eigenvalue weighted by Crippen LogP contribution is -2.25. The first-order valence-electron chi connectivity index (χ1n) is 11.3. The third-order valence-corrected chi connectivity index (χ3v) is 5.59. The van der Waals surface area contributed by atoms with Crippen LogP contribution in [0.5, 0.6) is 11.5 Å². The number of methoxy groups -OCH3 is 2. The standard InChI is InChI=1S/C28H28N4O3/c1-20(25-16-24(34-2)12-13-26(25)35-3)30-27(33)14-11-23-19-32(18-21-8-5-4-6-9-21)31-28(23)22-10-7-15-29-17-22/h4-17,19-20H,18H2,1-3H3,(H,30,33)/b14-11+. The van der Waals surface area contributed by atoms with Gasteiger partial charge in [-0.3, -0.25) is 14.5 Å². The Morgan fingerprint density at radius 1 is 1.09 bits per heavy atom. The first-order chi connectivity index (χ1) is 17.1. The minimum absolute atomic E-state index is 0.227. The first kappa shape index (κ1) is 23.8. The largest absolute Gasteiger partial charge is 0.497 e. The van der Waals surface area contributed by atoms with Crippen LogP contribution in [-0.4, -0.2) is 34.9 Å². The van der Waals surface area contributed by atoms with Gasteiger partial charge in [0.25, 0.3) is 0 Å². The molecule has 0 aliphatic rings. The van der Waals surface area contributed by atoms with Gasteiger partial charge >= 0.3 is 0 Å². The SMILES string of the molecule is COc1ccc(OC)c(C(C)NC(=O)/C=C/c2cn(Cc3ccccc3)nc2-c2cccnc2)c1. The van der Waals surface area contributed by atoms with Crippen LogP contribution >= 0.6 is 0 Å². The molecular weight excluding hydrogens is 440 g/mol. The van der Waals surface area contributed by atoms with E-state index in [4.69, 9.17) is 14.6 Å². The molecule has 7 heteroatoms. The summed E-state index contributed by atoms with van der Waals surface area (Å²) in [5, 5.41) is 7.76. The van der Waals surface area contributed by atoms with Crippen LogP contribution in [0.1, 0.15) is 29.7 Å². The second-order valence-corrected chi connectivity index (χ2v) is 8.03. The number of ether oxygens (including phenoxy) is 2. The molecule has 0 aliphatic heterocycles. The summed E-state index contributed by atoms with van der Waals surface area (Å²) in [6, 6.07) is 19.2. The zero-order chi connectivity index (χ0) is 24.6. The van der Waals surface area contributed by atoms with Crippen LogP contribution in [0.3, 0.4) is 0 Å². The van der Waals surface area contributed by atoms with E-state index < -0.39 is 0 Å². The Balaban J connectivity index is 1.55. The molecule has 0 saturated heterocycles. The van der Waals surface area contributed by atoms with Crippen LogP contribution in [-0.2, 0) is 11.3 Å². The highest BCUT2D eigenvalue weighted by atomic mass is 16.5. The van der Waals surface area contributed by atoms with Crippen LogP contribution in [0.2, 0.25) is 0 Å². The smallest absolute Gasteiger partial charge is 0.244 e. The van der Waals surface area contributed by atoms with Gasteiger partial charge in [-0.25, -0.2) is 0 Å². The molecule has 2 heterocycles. The second-order valence-electron chi connectivity index (χ2n) is 8.03. The molecule has 0 bridgehead atoms. The van der Waals surface area contributed by atoms with E-state index in [9.17, 15) is 4.79 Å². The van der Waals surface area contributed by atoms with Crippen LogP contribution in [0.25, 0.3) is 17.3 Å². The Morgan fingerprint density at radius 2 is 1.91 bits per heavy atom. The minimum Gasteiger partial charge on any atom is -0.497 e. The van der Waals surface area contributed by atoms with E-state index in [1.165, 1.54) is 6.08 Å². The molecule has 2 aromatic heterocycles. The monoisotopic (exact) mass is 468 g/mol. The molecule has 7 nitrogen and oxygen atoms in total. The lowest BCUT2D eigenvalue weighted by molar-refractivity contribution is -0.117. The molecule has 1 atom stereocenters. The number of nitrogens with one attached hydrogen (secondary N) is 1. The third kappa shape index (κ3) is 5.95. The molecular formula is C28H28N4O3. The molecule has 0 spiro atoms. The van der Waals surface area contributed by atoms with E-state index in [0.29, 0.717) is 18.0 Å². The predicted octanol–water partition coefficient (Wildman–Crippen LogP) is 4.90. The van der Waals surface area contributed by atoms with Crippen molar-refractivity contribution in [1.82, 2.24) is 20.1 Å². The lowest BCUT2D eigenvalue weighted by atomic mass is 10.1. The van der Waals surface area contributed by atoms with Crippen LogP contribution in [0.15, 0.2) is 85.3 Å². The summed E-state index contributed by atoms with van der Waals surface area (Å²) in [6.45, 7) is 2.53. The highest BCUT2D eigenvalue weighted by molar-refractivity contribution is 5.93. The minimum atomic E-state index is -0.282. The summed E-state index contributed by atoms with van der Waals surface area (Å²) in [5.74, 6) is 1.16. The zero-order valence-electron chi connectivity index (χ0n) is 20.0. The quantitative estimate of drug-likeness (QED) is 0.354. The fourth-order valence-corrected chi connectivity index (χ4v) is 3.82. The Labute approximate surface area is 205 Å². The summed E-state index contributed by atoms with van der Waals surface area (Å²) < 4.78 is 12.6. The van der Waals surface area contributed by atoms with Gasteiger partial charge in [-0.15, -0.1) is 0 Å². The Hall–Kier alpha value is -4.39. The van der Waals surface area contributed by atoms with Crippen molar-refractivity contribution in [3.63, 3.8) is 0 Å². The van der Waals surface area contributed by atoms with Crippen molar-refractivity contribution in [2.24, 2.45) is 0 Å². The average Bonchev–Trinajstić information content (AvgIpc) is 3.30. The van der Waals surface area contributed by atoms with E-state index in [2.05, 4.69) is 22.4 Å². The lowest BCUT2D eigenvalue weighted by Gasteiger charge is -2.17. The van der Waals surface area contributed by atoms with E-state index in [0.717, 1.165) is 27.9 Å². The van der Waals surface area contributed by atoms with Gasteiger partial charge in [0.2, 0.25) is 5.91 Å². The van der Waals surface area contributed by atoms with Gasteiger partial charge in [0.1, 0.15) is 17.2 Å². The van der Waals surface area contributed by atoms with E-state index in [1.54, 1.807) is 32.7 Å². The van der Waals surface area contributed by atoms with E-state index >= 15 is 0 Å². The first-order valence-corrected chi connectivity index (χ1v) is 11.3. The number of aromatic nitrogens is 3. The van der Waals surface area contributed by atoms with Crippen molar-refractivity contribution in [1.29, 1.82) is 0 Å². The summed E-state index contributed by atoms with van der Waals surface area (Å²) in [6.07, 6.45) is 8.73. The zero-order valence-corrected chi connectivity index (χ0v) is 20.0. The number of carbonyl (C=O) groups is 1. The van der Waals surface area contributed by atoms with Gasteiger partial charge < -0.3 is 14.8 Å². The van der Waals surface area contributed by atoms with Gasteiger partial charge in [0, 0.05) is 41.4 Å². The molecule has 4 aromatic rings. The van der Waals surface area contributed by atoms with Gasteiger partial charge in [-0.1, -0.05) is 30.3 Å². The van der Waals surface area contributed by atoms with Crippen molar-refractivity contribution >= 4 is 12.0 Å². The van der Waals surface area contributed by atoms with Crippen molar-refractivity contribution in [2.75, 3.05) is 14.2 Å². The Kier molecular flexibility index (Phi) is 7.57. The number of carbonyl (C=O) groups excluding carboxylic acids is 1. The maximum absolute atomic E-state index is 12.8. The second kappa shape index (κ2) is 11.2. The van der Waals surface area contributed by atoms with Gasteiger partial charge in [-0.2, -0.15) is 5.10 Å². The fourth-order valence-electron chi connectivity index (χ4n) is 3.82. The van der Waals surface area contributed by atoms with Gasteiger partial charge in [0.15, 0.2) is 0 Å². The molecule has 1 amide bonds. The summed E-state index contributed by atoms with van der Waals surface area (Å²) in [5.41, 5.74) is 4.45. The van der Waals surface area contributed by atoms with Crippen molar-refractivity contribution in [3.05, 3.63) is 102 Å². The maximum Gasteiger partial charge on any atom is 0.244 e. The molecule has 35 heavy (non-hydrogen) atoms. The predicted molar refractivity (Wildman–Crippen MR) is 136 cm³/mol. The maximum atomic E-state index is 12.8. The van der Waals surface area contributed by atoms with Crippen LogP contribution in [0, 0.1) is 0 Å². The normalized spacial score (nSPS) is 11.9. The topological polar surface area (TPSA) is 78.3 Å². The van der Waals surface area contributed by atoms with Gasteiger partial charge in [0.05, 0.1) is 26.8 Å². The molecule has 2 aromatic carbocycles. The molecule has 1 N–H and O–H groups in total. The summed E-state index contributed by atoms with van der Waals surface area (Å²) in [7, 11) is 3.21. The van der Waals surface area contributed by atoms with Crippen LogP contribution < -0.4 is 14.8 Å². The number of benzene rings is 2. The molecule has 178 valence electrons. The number of nitrogens with zero attached hydrogens (tertiary/aromatic N) is 3. The van der Waals surface area contributed by atoms with E-state index in [1.807, 2.05) is 66.3 Å². The fraction of sp³-hybridized carbons (Fsp3) is 0.179. The molecule has 0 fully saturated rings. The molecule has 1 unspecified atom stereocenters. The highest BCUT2D eigenvalue weighted by Crippen LogP contribution is 2.29. The molecule has 0 aliphatic carbocycles.